The molecule has 7 nitrogen and oxygen atoms in total. The maximum atomic E-state index is 12.0. The molecule has 1 aromatic heterocycles. The Kier molecular flexibility index (Phi) is 10.2. The zero-order valence-electron chi connectivity index (χ0n) is 24.5. The SMILES string of the molecule is CCCCCCCOc1ccc(-c2nnc(-c3ccc(CC(Nc4ccc(C(C)(C)C)cc4)C(=O)O)cc3)o2)cc1. The van der Waals surface area contributed by atoms with Crippen molar-refractivity contribution >= 4 is 11.7 Å². The molecular formula is C34H41N3O4. The average Bonchev–Trinajstić information content (AvgIpc) is 3.45. The van der Waals surface area contributed by atoms with Gasteiger partial charge in [-0.2, -0.15) is 0 Å². The quantitative estimate of drug-likeness (QED) is 0.151. The van der Waals surface area contributed by atoms with Crippen molar-refractivity contribution in [1.82, 2.24) is 10.2 Å². The molecule has 0 amide bonds. The van der Waals surface area contributed by atoms with Gasteiger partial charge in [-0.3, -0.25) is 0 Å². The lowest BCUT2D eigenvalue weighted by Gasteiger charge is -2.20. The highest BCUT2D eigenvalue weighted by atomic mass is 16.5. The van der Waals surface area contributed by atoms with E-state index in [1.807, 2.05) is 72.8 Å². The van der Waals surface area contributed by atoms with Crippen LogP contribution in [0.25, 0.3) is 22.9 Å². The van der Waals surface area contributed by atoms with Gasteiger partial charge in [-0.1, -0.05) is 77.6 Å². The Labute approximate surface area is 243 Å². The van der Waals surface area contributed by atoms with E-state index in [1.54, 1.807) is 0 Å². The maximum Gasteiger partial charge on any atom is 0.326 e. The Morgan fingerprint density at radius 2 is 1.44 bits per heavy atom. The molecule has 0 bridgehead atoms. The molecule has 0 saturated heterocycles. The largest absolute Gasteiger partial charge is 0.494 e. The van der Waals surface area contributed by atoms with Gasteiger partial charge in [0.2, 0.25) is 11.8 Å². The van der Waals surface area contributed by atoms with Crippen molar-refractivity contribution in [2.24, 2.45) is 0 Å². The summed E-state index contributed by atoms with van der Waals surface area (Å²) >= 11 is 0. The summed E-state index contributed by atoms with van der Waals surface area (Å²) < 4.78 is 11.8. The summed E-state index contributed by atoms with van der Waals surface area (Å²) in [5.74, 6) is 0.767. The van der Waals surface area contributed by atoms with Crippen LogP contribution >= 0.6 is 0 Å². The van der Waals surface area contributed by atoms with Crippen LogP contribution < -0.4 is 10.1 Å². The van der Waals surface area contributed by atoms with Crippen LogP contribution in [0.2, 0.25) is 0 Å². The van der Waals surface area contributed by atoms with Crippen molar-refractivity contribution in [1.29, 1.82) is 0 Å². The number of nitrogens with zero attached hydrogens (tertiary/aromatic N) is 2. The van der Waals surface area contributed by atoms with Crippen molar-refractivity contribution in [2.75, 3.05) is 11.9 Å². The first-order valence-electron chi connectivity index (χ1n) is 14.5. The van der Waals surface area contributed by atoms with Crippen LogP contribution in [0.5, 0.6) is 5.75 Å². The van der Waals surface area contributed by atoms with E-state index in [-0.39, 0.29) is 5.41 Å². The monoisotopic (exact) mass is 555 g/mol. The second-order valence-corrected chi connectivity index (χ2v) is 11.5. The third-order valence-corrected chi connectivity index (χ3v) is 7.07. The van der Waals surface area contributed by atoms with Crippen molar-refractivity contribution < 1.29 is 19.1 Å². The van der Waals surface area contributed by atoms with E-state index in [0.717, 1.165) is 41.2 Å². The molecule has 0 spiro atoms. The minimum Gasteiger partial charge on any atom is -0.494 e. The van der Waals surface area contributed by atoms with E-state index in [2.05, 4.69) is 43.2 Å². The maximum absolute atomic E-state index is 12.0. The molecule has 216 valence electrons. The Morgan fingerprint density at radius 3 is 2.00 bits per heavy atom. The number of hydrogen-bond acceptors (Lipinski definition) is 6. The number of nitrogens with one attached hydrogen (secondary N) is 1. The summed E-state index contributed by atoms with van der Waals surface area (Å²) in [5, 5.41) is 21.4. The Hall–Kier alpha value is -4.13. The smallest absolute Gasteiger partial charge is 0.326 e. The predicted octanol–water partition coefficient (Wildman–Crippen LogP) is 8.16. The Balaban J connectivity index is 1.33. The number of ether oxygens (including phenoxy) is 1. The zero-order valence-corrected chi connectivity index (χ0v) is 24.5. The highest BCUT2D eigenvalue weighted by Crippen LogP contribution is 2.27. The number of anilines is 1. The Bertz CT molecular complexity index is 1370. The molecule has 0 aliphatic rings. The third kappa shape index (κ3) is 8.68. The van der Waals surface area contributed by atoms with Crippen LogP contribution in [0, 0.1) is 0 Å². The first-order chi connectivity index (χ1) is 19.7. The molecule has 1 heterocycles. The van der Waals surface area contributed by atoms with Crippen LogP contribution in [0.1, 0.15) is 70.9 Å². The van der Waals surface area contributed by atoms with Gasteiger partial charge in [0.15, 0.2) is 0 Å². The topological polar surface area (TPSA) is 97.5 Å². The van der Waals surface area contributed by atoms with Crippen LogP contribution in [-0.4, -0.2) is 33.9 Å². The van der Waals surface area contributed by atoms with Gasteiger partial charge in [0.1, 0.15) is 11.8 Å². The first-order valence-corrected chi connectivity index (χ1v) is 14.5. The van der Waals surface area contributed by atoms with E-state index in [9.17, 15) is 9.90 Å². The number of aromatic nitrogens is 2. The van der Waals surface area contributed by atoms with Gasteiger partial charge in [-0.05, 0) is 71.5 Å². The molecule has 4 aromatic rings. The summed E-state index contributed by atoms with van der Waals surface area (Å²) in [5.41, 5.74) is 4.50. The summed E-state index contributed by atoms with van der Waals surface area (Å²) in [6.45, 7) is 9.39. The fraction of sp³-hybridized carbons (Fsp3) is 0.382. The van der Waals surface area contributed by atoms with E-state index >= 15 is 0 Å². The third-order valence-electron chi connectivity index (χ3n) is 7.07. The number of unbranched alkanes of at least 4 members (excludes halogenated alkanes) is 4. The van der Waals surface area contributed by atoms with Crippen molar-refractivity contribution in [3.63, 3.8) is 0 Å². The number of hydrogen-bond donors (Lipinski definition) is 2. The average molecular weight is 556 g/mol. The van der Waals surface area contributed by atoms with Crippen LogP contribution in [0.4, 0.5) is 5.69 Å². The number of aliphatic carboxylic acids is 1. The van der Waals surface area contributed by atoms with E-state index in [4.69, 9.17) is 9.15 Å². The lowest BCUT2D eigenvalue weighted by Crippen LogP contribution is -2.31. The minimum absolute atomic E-state index is 0.0398. The second kappa shape index (κ2) is 14.0. The molecule has 0 aliphatic carbocycles. The van der Waals surface area contributed by atoms with Gasteiger partial charge in [-0.15, -0.1) is 10.2 Å². The number of benzene rings is 3. The molecule has 0 aliphatic heterocycles. The van der Waals surface area contributed by atoms with Crippen molar-refractivity contribution in [3.05, 3.63) is 83.9 Å². The number of carboxylic acids is 1. The minimum atomic E-state index is -0.904. The van der Waals surface area contributed by atoms with Crippen LogP contribution in [0.3, 0.4) is 0 Å². The predicted molar refractivity (Wildman–Crippen MR) is 163 cm³/mol. The molecule has 4 rings (SSSR count). The van der Waals surface area contributed by atoms with Gasteiger partial charge >= 0.3 is 5.97 Å². The van der Waals surface area contributed by atoms with Gasteiger partial charge in [0.25, 0.3) is 0 Å². The normalized spacial score (nSPS) is 12.2. The molecular weight excluding hydrogens is 514 g/mol. The highest BCUT2D eigenvalue weighted by molar-refractivity contribution is 5.78. The molecule has 0 saturated carbocycles. The molecule has 2 N–H and O–H groups in total. The van der Waals surface area contributed by atoms with Gasteiger partial charge in [0, 0.05) is 23.2 Å². The number of carbonyl (C=O) groups is 1. The molecule has 41 heavy (non-hydrogen) atoms. The summed E-state index contributed by atoms with van der Waals surface area (Å²) in [6.07, 6.45) is 6.37. The number of carboxylic acid groups (broad SMARTS) is 1. The molecule has 1 atom stereocenters. The first kappa shape index (κ1) is 29.8. The second-order valence-electron chi connectivity index (χ2n) is 11.5. The molecule has 0 radical (unpaired) electrons. The van der Waals surface area contributed by atoms with Crippen LogP contribution in [-0.2, 0) is 16.6 Å². The van der Waals surface area contributed by atoms with Crippen LogP contribution in [0.15, 0.2) is 77.2 Å². The molecule has 0 fully saturated rings. The van der Waals surface area contributed by atoms with Gasteiger partial charge < -0.3 is 19.6 Å². The lowest BCUT2D eigenvalue weighted by molar-refractivity contribution is -0.137. The standard InChI is InChI=1S/C34H41N3O4/c1-5-6-7-8-9-22-40-29-20-14-26(15-21-29)32-37-36-31(41-32)25-12-10-24(11-13-25)23-30(33(38)39)35-28-18-16-27(17-19-28)34(2,3)4/h10-21,30,35H,5-9,22-23H2,1-4H3,(H,38,39). The van der Waals surface area contributed by atoms with E-state index in [0.29, 0.717) is 18.2 Å². The van der Waals surface area contributed by atoms with Gasteiger partial charge in [0.05, 0.1) is 6.61 Å². The fourth-order valence-electron chi connectivity index (χ4n) is 4.53. The summed E-state index contributed by atoms with van der Waals surface area (Å²) in [6, 6.07) is 22.4. The molecule has 7 heteroatoms. The van der Waals surface area contributed by atoms with Crippen molar-refractivity contribution in [2.45, 2.75) is 77.7 Å². The lowest BCUT2D eigenvalue weighted by atomic mass is 9.87. The Morgan fingerprint density at radius 1 is 0.854 bits per heavy atom. The van der Waals surface area contributed by atoms with E-state index in [1.165, 1.54) is 31.2 Å². The molecule has 1 unspecified atom stereocenters. The van der Waals surface area contributed by atoms with Gasteiger partial charge in [-0.25, -0.2) is 4.79 Å². The summed E-state index contributed by atoms with van der Waals surface area (Å²) in [4.78, 5) is 12.0. The molecule has 3 aromatic carbocycles. The number of rotatable bonds is 14. The highest BCUT2D eigenvalue weighted by Gasteiger charge is 2.19. The fourth-order valence-corrected chi connectivity index (χ4v) is 4.53. The van der Waals surface area contributed by atoms with E-state index < -0.39 is 12.0 Å². The zero-order chi connectivity index (χ0) is 29.2. The van der Waals surface area contributed by atoms with Crippen molar-refractivity contribution in [3.8, 4) is 28.7 Å². The summed E-state index contributed by atoms with van der Waals surface area (Å²) in [7, 11) is 0.